The molecule has 0 bridgehead atoms. The normalized spacial score (nSPS) is 16.4. The summed E-state index contributed by atoms with van der Waals surface area (Å²) in [4.78, 5) is 37.4. The van der Waals surface area contributed by atoms with Crippen LogP contribution in [0, 0.1) is 6.92 Å². The summed E-state index contributed by atoms with van der Waals surface area (Å²) in [6, 6.07) is 9.51. The number of nitrogens with zero attached hydrogens (tertiary/aromatic N) is 6. The number of carbonyl (C=O) groups is 1. The van der Waals surface area contributed by atoms with E-state index in [1.807, 2.05) is 48.4 Å². The summed E-state index contributed by atoms with van der Waals surface area (Å²) in [5.41, 5.74) is 5.01. The maximum absolute atomic E-state index is 13.4. The van der Waals surface area contributed by atoms with Gasteiger partial charge < -0.3 is 4.90 Å². The van der Waals surface area contributed by atoms with Gasteiger partial charge in [0, 0.05) is 55.6 Å². The van der Waals surface area contributed by atoms with E-state index in [0.717, 1.165) is 47.5 Å². The zero-order valence-corrected chi connectivity index (χ0v) is 17.3. The van der Waals surface area contributed by atoms with Crippen molar-refractivity contribution in [3.8, 4) is 11.1 Å². The first-order valence-corrected chi connectivity index (χ1v) is 10.4. The van der Waals surface area contributed by atoms with Crippen molar-refractivity contribution in [2.75, 3.05) is 13.1 Å². The lowest BCUT2D eigenvalue weighted by atomic mass is 9.89. The number of aryl methyl sites for hydroxylation is 1. The lowest BCUT2D eigenvalue weighted by molar-refractivity contribution is 0.0708. The molecule has 154 valence electrons. The molecule has 1 amide bonds. The summed E-state index contributed by atoms with van der Waals surface area (Å²) < 4.78 is 0. The first-order valence-electron chi connectivity index (χ1n) is 10.4. The highest BCUT2D eigenvalue weighted by Crippen LogP contribution is 2.33. The van der Waals surface area contributed by atoms with Crippen LogP contribution in [0.25, 0.3) is 22.2 Å². The average Bonchev–Trinajstić information content (AvgIpc) is 2.84. The van der Waals surface area contributed by atoms with Gasteiger partial charge in [-0.25, -0.2) is 9.97 Å². The van der Waals surface area contributed by atoms with Gasteiger partial charge in [0.25, 0.3) is 5.91 Å². The third-order valence-corrected chi connectivity index (χ3v) is 5.75. The zero-order valence-electron chi connectivity index (χ0n) is 17.3. The first-order chi connectivity index (χ1) is 15.2. The maximum atomic E-state index is 13.4. The third-order valence-electron chi connectivity index (χ3n) is 5.75. The number of aromatic nitrogens is 5. The molecule has 3 aromatic heterocycles. The maximum Gasteiger partial charge on any atom is 0.256 e. The van der Waals surface area contributed by atoms with Crippen LogP contribution in [0.2, 0.25) is 0 Å². The van der Waals surface area contributed by atoms with Crippen molar-refractivity contribution in [1.82, 2.24) is 29.8 Å². The van der Waals surface area contributed by atoms with Crippen LogP contribution in [-0.4, -0.2) is 48.8 Å². The number of carbonyl (C=O) groups excluding carboxylic acids is 1. The second kappa shape index (κ2) is 8.18. The Labute approximate surface area is 180 Å². The van der Waals surface area contributed by atoms with Crippen LogP contribution in [-0.2, 0) is 0 Å². The molecule has 0 saturated carbocycles. The molecule has 4 aromatic rings. The number of hydrogen-bond acceptors (Lipinski definition) is 6. The molecule has 31 heavy (non-hydrogen) atoms. The second-order valence-corrected chi connectivity index (χ2v) is 7.77. The van der Waals surface area contributed by atoms with Crippen LogP contribution < -0.4 is 0 Å². The van der Waals surface area contributed by atoms with E-state index in [4.69, 9.17) is 4.98 Å². The third kappa shape index (κ3) is 3.74. The second-order valence-electron chi connectivity index (χ2n) is 7.77. The Kier molecular flexibility index (Phi) is 5.08. The smallest absolute Gasteiger partial charge is 0.256 e. The number of piperidine rings is 1. The van der Waals surface area contributed by atoms with Crippen molar-refractivity contribution < 1.29 is 4.79 Å². The average molecular weight is 410 g/mol. The molecule has 0 unspecified atom stereocenters. The number of benzene rings is 1. The predicted molar refractivity (Wildman–Crippen MR) is 117 cm³/mol. The molecular formula is C24H22N6O. The number of pyridine rings is 1. The monoisotopic (exact) mass is 410 g/mol. The highest BCUT2D eigenvalue weighted by Gasteiger charge is 2.29. The van der Waals surface area contributed by atoms with E-state index < -0.39 is 0 Å². The molecule has 0 aliphatic carbocycles. The molecule has 1 atom stereocenters. The molecule has 0 spiro atoms. The van der Waals surface area contributed by atoms with E-state index >= 15 is 0 Å². The fourth-order valence-corrected chi connectivity index (χ4v) is 4.27. The van der Waals surface area contributed by atoms with Crippen LogP contribution in [0.3, 0.4) is 0 Å². The Balaban J connectivity index is 1.48. The standard InChI is InChI=1S/C24H22N6O/c1-16-28-14-20(17-7-9-25-10-8-17)22(29-16)18-4-3-13-30(15-18)24(31)19-5-2-6-21-23(19)27-12-11-26-21/h2,5-12,14,18H,3-4,13,15H2,1H3/t18-/m0/s1. The van der Waals surface area contributed by atoms with Gasteiger partial charge in [-0.3, -0.25) is 19.7 Å². The van der Waals surface area contributed by atoms with E-state index in [0.29, 0.717) is 17.6 Å². The van der Waals surface area contributed by atoms with Gasteiger partial charge in [0.1, 0.15) is 11.3 Å². The number of para-hydroxylation sites is 1. The fraction of sp³-hybridized carbons (Fsp3) is 0.250. The summed E-state index contributed by atoms with van der Waals surface area (Å²) in [5, 5.41) is 0. The summed E-state index contributed by atoms with van der Waals surface area (Å²) in [5.74, 6) is 0.872. The predicted octanol–water partition coefficient (Wildman–Crippen LogP) is 3.81. The lowest BCUT2D eigenvalue weighted by Gasteiger charge is -2.33. The Morgan fingerprint density at radius 2 is 1.87 bits per heavy atom. The summed E-state index contributed by atoms with van der Waals surface area (Å²) in [7, 11) is 0. The molecule has 5 rings (SSSR count). The number of fused-ring (bicyclic) bond motifs is 1. The van der Waals surface area contributed by atoms with Crippen molar-refractivity contribution in [3.05, 3.63) is 78.4 Å². The van der Waals surface area contributed by atoms with E-state index in [1.54, 1.807) is 24.8 Å². The molecule has 1 aromatic carbocycles. The van der Waals surface area contributed by atoms with E-state index in [2.05, 4.69) is 19.9 Å². The highest BCUT2D eigenvalue weighted by atomic mass is 16.2. The van der Waals surface area contributed by atoms with Gasteiger partial charge in [-0.2, -0.15) is 0 Å². The van der Waals surface area contributed by atoms with Gasteiger partial charge in [-0.15, -0.1) is 0 Å². The van der Waals surface area contributed by atoms with Gasteiger partial charge >= 0.3 is 0 Å². The van der Waals surface area contributed by atoms with Gasteiger partial charge in [0.15, 0.2) is 0 Å². The molecule has 4 heterocycles. The van der Waals surface area contributed by atoms with Gasteiger partial charge in [-0.05, 0) is 49.6 Å². The van der Waals surface area contributed by atoms with Gasteiger partial charge in [0.2, 0.25) is 0 Å². The molecule has 7 heteroatoms. The molecule has 0 radical (unpaired) electrons. The molecule has 1 fully saturated rings. The van der Waals surface area contributed by atoms with Crippen LogP contribution >= 0.6 is 0 Å². The summed E-state index contributed by atoms with van der Waals surface area (Å²) >= 11 is 0. The summed E-state index contributed by atoms with van der Waals surface area (Å²) in [6.45, 7) is 3.24. The van der Waals surface area contributed by atoms with Crippen molar-refractivity contribution in [1.29, 1.82) is 0 Å². The number of rotatable bonds is 3. The van der Waals surface area contributed by atoms with Crippen LogP contribution in [0.5, 0.6) is 0 Å². The van der Waals surface area contributed by atoms with Crippen LogP contribution in [0.15, 0.2) is 61.3 Å². The van der Waals surface area contributed by atoms with Crippen molar-refractivity contribution >= 4 is 16.9 Å². The van der Waals surface area contributed by atoms with Gasteiger partial charge in [-0.1, -0.05) is 6.07 Å². The minimum absolute atomic E-state index is 0.00737. The molecule has 1 aliphatic rings. The number of likely N-dealkylation sites (tertiary alicyclic amines) is 1. The topological polar surface area (TPSA) is 84.8 Å². The number of hydrogen-bond donors (Lipinski definition) is 0. The lowest BCUT2D eigenvalue weighted by Crippen LogP contribution is -2.39. The zero-order chi connectivity index (χ0) is 21.2. The summed E-state index contributed by atoms with van der Waals surface area (Å²) in [6.07, 6.45) is 10.6. The van der Waals surface area contributed by atoms with Crippen molar-refractivity contribution in [2.24, 2.45) is 0 Å². The molecular weight excluding hydrogens is 388 g/mol. The fourth-order valence-electron chi connectivity index (χ4n) is 4.27. The van der Waals surface area contributed by atoms with E-state index in [9.17, 15) is 4.79 Å². The van der Waals surface area contributed by atoms with Crippen LogP contribution in [0.1, 0.15) is 40.6 Å². The largest absolute Gasteiger partial charge is 0.338 e. The van der Waals surface area contributed by atoms with E-state index in [1.165, 1.54) is 0 Å². The first kappa shape index (κ1) is 19.2. The minimum atomic E-state index is -0.00737. The van der Waals surface area contributed by atoms with E-state index in [-0.39, 0.29) is 11.8 Å². The highest BCUT2D eigenvalue weighted by molar-refractivity contribution is 6.04. The Hall–Kier alpha value is -3.74. The minimum Gasteiger partial charge on any atom is -0.338 e. The number of amides is 1. The Morgan fingerprint density at radius 1 is 1.03 bits per heavy atom. The molecule has 1 aliphatic heterocycles. The molecule has 1 saturated heterocycles. The van der Waals surface area contributed by atoms with Crippen molar-refractivity contribution in [2.45, 2.75) is 25.7 Å². The van der Waals surface area contributed by atoms with Crippen LogP contribution in [0.4, 0.5) is 0 Å². The quantitative estimate of drug-likeness (QED) is 0.511. The SMILES string of the molecule is Cc1ncc(-c2ccncc2)c([C@H]2CCCN(C(=O)c3cccc4nccnc34)C2)n1. The molecule has 7 nitrogen and oxygen atoms in total. The Bertz CT molecular complexity index is 1240. The van der Waals surface area contributed by atoms with Gasteiger partial charge in [0.05, 0.1) is 16.8 Å². The van der Waals surface area contributed by atoms with Crippen molar-refractivity contribution in [3.63, 3.8) is 0 Å². The molecule has 0 N–H and O–H groups in total. The Morgan fingerprint density at radius 3 is 2.74 bits per heavy atom.